The quantitative estimate of drug-likeness (QED) is 0.298. The van der Waals surface area contributed by atoms with Crippen LogP contribution in [-0.4, -0.2) is 35.8 Å². The molecule has 0 spiro atoms. The smallest absolute Gasteiger partial charge is 0.223 e. The molecule has 3 N–H and O–H groups in total. The van der Waals surface area contributed by atoms with Crippen molar-refractivity contribution in [2.45, 2.75) is 157 Å². The third-order valence-electron chi connectivity index (χ3n) is 18.2. The Morgan fingerprint density at radius 2 is 0.667 bits per heavy atom. The van der Waals surface area contributed by atoms with Crippen molar-refractivity contribution in [2.24, 2.45) is 68.0 Å². The van der Waals surface area contributed by atoms with Crippen LogP contribution in [0.3, 0.4) is 0 Å². The van der Waals surface area contributed by atoms with E-state index in [0.717, 1.165) is 38.5 Å². The molecule has 0 aromatic carbocycles. The van der Waals surface area contributed by atoms with Gasteiger partial charge in [-0.15, -0.1) is 0 Å². The molecule has 6 heteroatoms. The topological polar surface area (TPSA) is 87.3 Å². The molecule has 7 aliphatic carbocycles. The van der Waals surface area contributed by atoms with Crippen LogP contribution in [0.15, 0.2) is 0 Å². The highest BCUT2D eigenvalue weighted by molar-refractivity contribution is 5.86. The monoisotopic (exact) mass is 621 g/mol. The van der Waals surface area contributed by atoms with E-state index in [0.29, 0.717) is 37.0 Å². The van der Waals surface area contributed by atoms with E-state index < -0.39 is 0 Å². The molecule has 0 aromatic rings. The lowest BCUT2D eigenvalue weighted by Crippen LogP contribution is -2.53. The summed E-state index contributed by atoms with van der Waals surface area (Å²) in [5, 5.41) is 10.5. The van der Waals surface area contributed by atoms with Crippen LogP contribution in [0.2, 0.25) is 0 Å². The van der Waals surface area contributed by atoms with Crippen molar-refractivity contribution in [3.8, 4) is 0 Å². The van der Waals surface area contributed by atoms with E-state index in [-0.39, 0.29) is 86.1 Å². The molecule has 9 unspecified atom stereocenters. The van der Waals surface area contributed by atoms with Crippen molar-refractivity contribution in [1.29, 1.82) is 0 Å². The summed E-state index contributed by atoms with van der Waals surface area (Å²) in [5.41, 5.74) is 0.962. The SMILES string of the molecule is CC1(C)C2CCC1(C)C(NC(=O)C1CC(C(=O)NC3CC4CCC3(C)C4(C)C)CC(C(=O)NC3CC4CCC3(C)C4(C)C)C1)C2. The van der Waals surface area contributed by atoms with Crippen LogP contribution in [0.4, 0.5) is 0 Å². The van der Waals surface area contributed by atoms with Crippen LogP contribution < -0.4 is 16.0 Å². The Morgan fingerprint density at radius 3 is 0.844 bits per heavy atom. The van der Waals surface area contributed by atoms with Crippen molar-refractivity contribution < 1.29 is 14.4 Å². The van der Waals surface area contributed by atoms with Crippen molar-refractivity contribution in [1.82, 2.24) is 16.0 Å². The number of rotatable bonds is 6. The fourth-order valence-corrected chi connectivity index (χ4v) is 13.1. The van der Waals surface area contributed by atoms with Crippen molar-refractivity contribution >= 4 is 17.7 Å². The molecule has 45 heavy (non-hydrogen) atoms. The Morgan fingerprint density at radius 1 is 0.422 bits per heavy atom. The van der Waals surface area contributed by atoms with Gasteiger partial charge in [-0.3, -0.25) is 14.4 Å². The maximum Gasteiger partial charge on any atom is 0.223 e. The third kappa shape index (κ3) is 4.27. The Labute approximate surface area is 273 Å². The number of amides is 3. The molecule has 0 radical (unpaired) electrons. The van der Waals surface area contributed by atoms with Crippen LogP contribution in [0.25, 0.3) is 0 Å². The van der Waals surface area contributed by atoms with Crippen LogP contribution in [0, 0.1) is 68.0 Å². The molecule has 6 bridgehead atoms. The highest BCUT2D eigenvalue weighted by Crippen LogP contribution is 2.67. The minimum absolute atomic E-state index is 0.0703. The second kappa shape index (κ2) is 9.97. The Hall–Kier alpha value is -1.59. The Bertz CT molecular complexity index is 1110. The molecule has 0 saturated heterocycles. The van der Waals surface area contributed by atoms with Gasteiger partial charge >= 0.3 is 0 Å². The second-order valence-corrected chi connectivity index (χ2v) is 19.8. The molecule has 7 rings (SSSR count). The molecule has 7 saturated carbocycles. The van der Waals surface area contributed by atoms with Gasteiger partial charge in [-0.1, -0.05) is 62.3 Å². The van der Waals surface area contributed by atoms with E-state index in [9.17, 15) is 14.4 Å². The molecule has 0 aliphatic heterocycles. The zero-order chi connectivity index (χ0) is 32.5. The van der Waals surface area contributed by atoms with E-state index in [1.165, 1.54) is 19.3 Å². The molecule has 7 fully saturated rings. The molecule has 3 amide bonds. The summed E-state index contributed by atoms with van der Waals surface area (Å²) in [6.07, 6.45) is 12.0. The highest BCUT2D eigenvalue weighted by atomic mass is 16.2. The third-order valence-corrected chi connectivity index (χ3v) is 18.2. The Balaban J connectivity index is 1.08. The molecule has 6 nitrogen and oxygen atoms in total. The van der Waals surface area contributed by atoms with Crippen molar-refractivity contribution in [3.63, 3.8) is 0 Å². The van der Waals surface area contributed by atoms with E-state index in [2.05, 4.69) is 78.3 Å². The summed E-state index contributed by atoms with van der Waals surface area (Å²) in [4.78, 5) is 42.3. The number of carbonyl (C=O) groups excluding carboxylic acids is 3. The first-order valence-electron chi connectivity index (χ1n) is 18.8. The number of hydrogen-bond donors (Lipinski definition) is 3. The fraction of sp³-hybridized carbons (Fsp3) is 0.923. The van der Waals surface area contributed by atoms with Crippen molar-refractivity contribution in [2.75, 3.05) is 0 Å². The number of hydrogen-bond acceptors (Lipinski definition) is 3. The molecule has 252 valence electrons. The van der Waals surface area contributed by atoms with Gasteiger partial charge in [0.25, 0.3) is 0 Å². The summed E-state index contributed by atoms with van der Waals surface area (Å²) in [5.74, 6) is 1.23. The maximum absolute atomic E-state index is 14.1. The van der Waals surface area contributed by atoms with Gasteiger partial charge in [0.15, 0.2) is 0 Å². The van der Waals surface area contributed by atoms with E-state index in [1.54, 1.807) is 0 Å². The minimum Gasteiger partial charge on any atom is -0.353 e. The van der Waals surface area contributed by atoms with Gasteiger partial charge in [-0.2, -0.15) is 0 Å². The average Bonchev–Trinajstić information content (AvgIpc) is 3.62. The Kier molecular flexibility index (Phi) is 7.09. The van der Waals surface area contributed by atoms with Crippen LogP contribution in [-0.2, 0) is 14.4 Å². The fourth-order valence-electron chi connectivity index (χ4n) is 13.1. The lowest BCUT2D eigenvalue weighted by molar-refractivity contribution is -0.136. The zero-order valence-corrected chi connectivity index (χ0v) is 29.9. The van der Waals surface area contributed by atoms with Gasteiger partial charge in [-0.25, -0.2) is 0 Å². The standard InChI is InChI=1S/C39H63N3O3/c1-34(2)25-10-13-37(34,7)28(19-25)40-31(43)22-16-23(32(44)41-29-20-26-11-14-38(29,8)35(26,3)4)18-24(17-22)33(45)42-30-21-27-12-15-39(30,9)36(27,5)6/h22-30H,10-21H2,1-9H3,(H,40,43)(H,41,44)(H,42,45). The van der Waals surface area contributed by atoms with Gasteiger partial charge in [0.1, 0.15) is 0 Å². The van der Waals surface area contributed by atoms with E-state index in [4.69, 9.17) is 0 Å². The van der Waals surface area contributed by atoms with Crippen LogP contribution in [0.1, 0.15) is 139 Å². The highest BCUT2D eigenvalue weighted by Gasteiger charge is 2.64. The zero-order valence-electron chi connectivity index (χ0n) is 29.9. The first-order valence-corrected chi connectivity index (χ1v) is 18.8. The van der Waals surface area contributed by atoms with Crippen LogP contribution in [0.5, 0.6) is 0 Å². The largest absolute Gasteiger partial charge is 0.353 e. The lowest BCUT2D eigenvalue weighted by Gasteiger charge is -2.42. The van der Waals surface area contributed by atoms with Gasteiger partial charge in [0, 0.05) is 35.9 Å². The number of carbonyl (C=O) groups is 3. The molecule has 7 aliphatic rings. The first-order chi connectivity index (χ1) is 20.8. The molecule has 9 atom stereocenters. The summed E-state index contributed by atoms with van der Waals surface area (Å²) < 4.78 is 0. The van der Waals surface area contributed by atoms with E-state index in [1.807, 2.05) is 0 Å². The summed E-state index contributed by atoms with van der Waals surface area (Å²) in [7, 11) is 0. The normalized spacial score (nSPS) is 49.7. The maximum atomic E-state index is 14.1. The second-order valence-electron chi connectivity index (χ2n) is 19.8. The molecule has 0 heterocycles. The summed E-state index contributed by atoms with van der Waals surface area (Å²) in [6.45, 7) is 21.4. The predicted octanol–water partition coefficient (Wildman–Crippen LogP) is 7.01. The van der Waals surface area contributed by atoms with Gasteiger partial charge < -0.3 is 16.0 Å². The van der Waals surface area contributed by atoms with Crippen LogP contribution >= 0.6 is 0 Å². The van der Waals surface area contributed by atoms with Crippen molar-refractivity contribution in [3.05, 3.63) is 0 Å². The number of fused-ring (bicyclic) bond motifs is 6. The molecular weight excluding hydrogens is 558 g/mol. The minimum atomic E-state index is -0.310. The summed E-state index contributed by atoms with van der Waals surface area (Å²) in [6, 6.07) is 0.521. The average molecular weight is 622 g/mol. The molecule has 0 aromatic heterocycles. The van der Waals surface area contributed by atoms with Gasteiger partial charge in [0.2, 0.25) is 17.7 Å². The van der Waals surface area contributed by atoms with Gasteiger partial charge in [-0.05, 0) is 127 Å². The lowest BCUT2D eigenvalue weighted by atomic mass is 9.68. The number of nitrogens with one attached hydrogen (secondary N) is 3. The first kappa shape index (κ1) is 32.0. The summed E-state index contributed by atoms with van der Waals surface area (Å²) >= 11 is 0. The molecular formula is C39H63N3O3. The predicted molar refractivity (Wildman–Crippen MR) is 178 cm³/mol. The van der Waals surface area contributed by atoms with E-state index >= 15 is 0 Å². The van der Waals surface area contributed by atoms with Gasteiger partial charge in [0.05, 0.1) is 0 Å².